The number of carbonyl (C=O) groups is 2. The van der Waals surface area contributed by atoms with E-state index < -0.39 is 4.92 Å². The lowest BCUT2D eigenvalue weighted by Crippen LogP contribution is -2.32. The first-order valence-electron chi connectivity index (χ1n) is 10.2. The second-order valence-electron chi connectivity index (χ2n) is 7.61. The molecule has 0 unspecified atom stereocenters. The lowest BCUT2D eigenvalue weighted by Gasteiger charge is -2.17. The van der Waals surface area contributed by atoms with Gasteiger partial charge in [0, 0.05) is 12.1 Å². The van der Waals surface area contributed by atoms with Crippen molar-refractivity contribution in [2.24, 2.45) is 0 Å². The van der Waals surface area contributed by atoms with Crippen LogP contribution in [0.2, 0.25) is 0 Å². The number of amides is 2. The second-order valence-corrected chi connectivity index (χ2v) is 8.60. The molecule has 7 nitrogen and oxygen atoms in total. The number of hydrogen-bond donors (Lipinski definition) is 0. The second kappa shape index (κ2) is 10.3. The molecule has 1 fully saturated rings. The number of allylic oxidation sites excluding steroid dienone is 2. The van der Waals surface area contributed by atoms with Gasteiger partial charge in [-0.25, -0.2) is 0 Å². The molecule has 0 aliphatic carbocycles. The summed E-state index contributed by atoms with van der Waals surface area (Å²) >= 11 is 0.865. The number of non-ortho nitro benzene ring substituents is 1. The Morgan fingerprint density at radius 1 is 1.19 bits per heavy atom. The maximum atomic E-state index is 12.6. The van der Waals surface area contributed by atoms with Gasteiger partial charge in [0.1, 0.15) is 12.4 Å². The molecule has 0 N–H and O–H groups in total. The van der Waals surface area contributed by atoms with E-state index in [1.54, 1.807) is 30.4 Å². The number of aryl methyl sites for hydroxylation is 1. The van der Waals surface area contributed by atoms with Crippen LogP contribution >= 0.6 is 11.8 Å². The van der Waals surface area contributed by atoms with Gasteiger partial charge in [-0.15, -0.1) is 0 Å². The summed E-state index contributed by atoms with van der Waals surface area (Å²) in [6.45, 7) is 6.51. The van der Waals surface area contributed by atoms with Gasteiger partial charge in [-0.3, -0.25) is 24.6 Å². The highest BCUT2D eigenvalue weighted by molar-refractivity contribution is 8.18. The number of imide groups is 1. The van der Waals surface area contributed by atoms with Crippen LogP contribution in [0.3, 0.4) is 0 Å². The third-order valence-corrected chi connectivity index (χ3v) is 5.78. The lowest BCUT2D eigenvalue weighted by molar-refractivity contribution is -0.384. The van der Waals surface area contributed by atoms with Gasteiger partial charge in [-0.1, -0.05) is 50.3 Å². The van der Waals surface area contributed by atoms with Crippen LogP contribution in [0.5, 0.6) is 5.75 Å². The van der Waals surface area contributed by atoms with Crippen LogP contribution in [0.25, 0.3) is 6.08 Å². The van der Waals surface area contributed by atoms with E-state index in [1.807, 2.05) is 25.1 Å². The maximum absolute atomic E-state index is 12.6. The molecule has 32 heavy (non-hydrogen) atoms. The quantitative estimate of drug-likeness (QED) is 0.290. The van der Waals surface area contributed by atoms with E-state index in [-0.39, 0.29) is 30.0 Å². The molecule has 0 radical (unpaired) electrons. The van der Waals surface area contributed by atoms with Gasteiger partial charge in [0.25, 0.3) is 16.8 Å². The van der Waals surface area contributed by atoms with Crippen molar-refractivity contribution in [1.82, 2.24) is 4.90 Å². The SMILES string of the molecule is Cc1ccc(C(C)C)c(OCCN2C(=O)S/C(=C\C=C\c3cccc([N+](=O)[O-])c3)C2=O)c1. The lowest BCUT2D eigenvalue weighted by atomic mass is 10.0. The molecule has 1 saturated heterocycles. The van der Waals surface area contributed by atoms with Crippen molar-refractivity contribution in [2.45, 2.75) is 26.7 Å². The maximum Gasteiger partial charge on any atom is 0.293 e. The molecule has 0 bridgehead atoms. The highest BCUT2D eigenvalue weighted by Gasteiger charge is 2.34. The number of rotatable bonds is 8. The summed E-state index contributed by atoms with van der Waals surface area (Å²) in [6.07, 6.45) is 4.80. The Balaban J connectivity index is 1.62. The van der Waals surface area contributed by atoms with Gasteiger partial charge in [-0.05, 0) is 53.4 Å². The van der Waals surface area contributed by atoms with Crippen molar-refractivity contribution in [1.29, 1.82) is 0 Å². The van der Waals surface area contributed by atoms with E-state index in [4.69, 9.17) is 4.74 Å². The Morgan fingerprint density at radius 3 is 2.69 bits per heavy atom. The number of carbonyl (C=O) groups excluding carboxylic acids is 2. The Kier molecular flexibility index (Phi) is 7.48. The molecule has 0 aromatic heterocycles. The summed E-state index contributed by atoms with van der Waals surface area (Å²) in [6, 6.07) is 12.2. The first-order valence-corrected chi connectivity index (χ1v) is 11.0. The van der Waals surface area contributed by atoms with E-state index in [1.165, 1.54) is 17.0 Å². The zero-order valence-corrected chi connectivity index (χ0v) is 18.9. The van der Waals surface area contributed by atoms with Crippen molar-refractivity contribution in [3.63, 3.8) is 0 Å². The first-order chi connectivity index (χ1) is 15.3. The fourth-order valence-electron chi connectivity index (χ4n) is 3.19. The largest absolute Gasteiger partial charge is 0.491 e. The normalized spacial score (nSPS) is 15.4. The van der Waals surface area contributed by atoms with Gasteiger partial charge >= 0.3 is 0 Å². The summed E-state index contributed by atoms with van der Waals surface area (Å²) in [5.41, 5.74) is 2.77. The first kappa shape index (κ1) is 23.3. The Bertz CT molecular complexity index is 1110. The van der Waals surface area contributed by atoms with Crippen LogP contribution in [-0.2, 0) is 4.79 Å². The molecule has 0 saturated carbocycles. The average Bonchev–Trinajstić information content (AvgIpc) is 3.01. The minimum absolute atomic E-state index is 0.0123. The van der Waals surface area contributed by atoms with Crippen molar-refractivity contribution in [2.75, 3.05) is 13.2 Å². The molecule has 1 aliphatic heterocycles. The smallest absolute Gasteiger partial charge is 0.293 e. The van der Waals surface area contributed by atoms with Gasteiger partial charge in [0.2, 0.25) is 0 Å². The molecule has 2 amide bonds. The molecular formula is C24H24N2O5S. The zero-order chi connectivity index (χ0) is 23.3. The standard InChI is InChI=1S/C24H24N2O5S/c1-16(2)20-11-10-17(3)14-21(20)31-13-12-25-23(27)22(32-24(25)28)9-5-7-18-6-4-8-19(15-18)26(29)30/h4-11,14-16H,12-13H2,1-3H3/b7-5+,22-9-. The van der Waals surface area contributed by atoms with Gasteiger partial charge < -0.3 is 4.74 Å². The number of nitro groups is 1. The molecule has 166 valence electrons. The number of hydrogen-bond acceptors (Lipinski definition) is 6. The third kappa shape index (κ3) is 5.64. The van der Waals surface area contributed by atoms with E-state index in [2.05, 4.69) is 13.8 Å². The summed E-state index contributed by atoms with van der Waals surface area (Å²) in [5, 5.41) is 10.5. The fourth-order valence-corrected chi connectivity index (χ4v) is 4.00. The van der Waals surface area contributed by atoms with E-state index in [0.29, 0.717) is 16.4 Å². The number of nitro benzene ring substituents is 1. The van der Waals surface area contributed by atoms with Gasteiger partial charge in [-0.2, -0.15) is 0 Å². The fraction of sp³-hybridized carbons (Fsp3) is 0.250. The van der Waals surface area contributed by atoms with Crippen LogP contribution in [0.15, 0.2) is 59.5 Å². The summed E-state index contributed by atoms with van der Waals surface area (Å²) in [4.78, 5) is 36.8. The molecule has 3 rings (SSSR count). The summed E-state index contributed by atoms with van der Waals surface area (Å²) < 4.78 is 5.90. The van der Waals surface area contributed by atoms with Crippen LogP contribution < -0.4 is 4.74 Å². The molecule has 0 spiro atoms. The molecular weight excluding hydrogens is 428 g/mol. The zero-order valence-electron chi connectivity index (χ0n) is 18.1. The Labute approximate surface area is 190 Å². The number of benzene rings is 2. The van der Waals surface area contributed by atoms with E-state index in [9.17, 15) is 19.7 Å². The van der Waals surface area contributed by atoms with Crippen LogP contribution in [0.1, 0.15) is 36.5 Å². The average molecular weight is 453 g/mol. The van der Waals surface area contributed by atoms with Gasteiger partial charge in [0.05, 0.1) is 16.4 Å². The van der Waals surface area contributed by atoms with Gasteiger partial charge in [0.15, 0.2) is 0 Å². The van der Waals surface area contributed by atoms with E-state index in [0.717, 1.165) is 28.6 Å². The monoisotopic (exact) mass is 452 g/mol. The third-order valence-electron chi connectivity index (χ3n) is 4.85. The molecule has 2 aromatic carbocycles. The Morgan fingerprint density at radius 2 is 1.97 bits per heavy atom. The summed E-state index contributed by atoms with van der Waals surface area (Å²) in [7, 11) is 0. The topological polar surface area (TPSA) is 89.8 Å². The van der Waals surface area contributed by atoms with Crippen LogP contribution in [0, 0.1) is 17.0 Å². The van der Waals surface area contributed by atoms with Crippen molar-refractivity contribution in [3.8, 4) is 5.75 Å². The highest BCUT2D eigenvalue weighted by atomic mass is 32.2. The van der Waals surface area contributed by atoms with Crippen molar-refractivity contribution >= 4 is 34.7 Å². The predicted molar refractivity (Wildman–Crippen MR) is 126 cm³/mol. The van der Waals surface area contributed by atoms with Crippen LogP contribution in [0.4, 0.5) is 10.5 Å². The predicted octanol–water partition coefficient (Wildman–Crippen LogP) is 5.70. The highest BCUT2D eigenvalue weighted by Crippen LogP contribution is 2.31. The minimum Gasteiger partial charge on any atom is -0.491 e. The summed E-state index contributed by atoms with van der Waals surface area (Å²) in [5.74, 6) is 0.687. The number of ether oxygens (including phenoxy) is 1. The van der Waals surface area contributed by atoms with Crippen molar-refractivity contribution < 1.29 is 19.2 Å². The van der Waals surface area contributed by atoms with Crippen LogP contribution in [-0.4, -0.2) is 34.1 Å². The van der Waals surface area contributed by atoms with Crippen molar-refractivity contribution in [3.05, 3.63) is 86.3 Å². The molecule has 2 aromatic rings. The van der Waals surface area contributed by atoms with E-state index >= 15 is 0 Å². The molecule has 1 aliphatic rings. The minimum atomic E-state index is -0.467. The Hall–Kier alpha value is -3.39. The number of nitrogens with zero attached hydrogens (tertiary/aromatic N) is 2. The molecule has 0 atom stereocenters. The molecule has 1 heterocycles. The number of thioether (sulfide) groups is 1. The molecule has 8 heteroatoms.